The van der Waals surface area contributed by atoms with E-state index in [1.807, 2.05) is 16.8 Å². The summed E-state index contributed by atoms with van der Waals surface area (Å²) in [6.07, 6.45) is 4.54. The fourth-order valence-electron chi connectivity index (χ4n) is 2.28. The van der Waals surface area contributed by atoms with Crippen molar-refractivity contribution in [3.05, 3.63) is 22.4 Å². The molecular weight excluding hydrogens is 208 g/mol. The van der Waals surface area contributed by atoms with Gasteiger partial charge in [0.1, 0.15) is 5.60 Å². The predicted octanol–water partition coefficient (Wildman–Crippen LogP) is 2.82. The Labute approximate surface area is 94.3 Å². The van der Waals surface area contributed by atoms with Gasteiger partial charge in [0.05, 0.1) is 0 Å². The zero-order valence-corrected chi connectivity index (χ0v) is 9.81. The molecule has 2 rings (SSSR count). The van der Waals surface area contributed by atoms with Crippen LogP contribution >= 0.6 is 11.3 Å². The van der Waals surface area contributed by atoms with Gasteiger partial charge in [-0.25, -0.2) is 0 Å². The maximum atomic E-state index is 12.1. The Hall–Kier alpha value is -0.670. The molecule has 82 valence electrons. The highest BCUT2D eigenvalue weighted by atomic mass is 32.1. The Morgan fingerprint density at radius 3 is 2.80 bits per heavy atom. The lowest BCUT2D eigenvalue weighted by Crippen LogP contribution is -2.38. The maximum Gasteiger partial charge on any atom is 0.168 e. The smallest absolute Gasteiger partial charge is 0.168 e. The topological polar surface area (TPSA) is 26.3 Å². The van der Waals surface area contributed by atoms with E-state index in [0.29, 0.717) is 6.42 Å². The lowest BCUT2D eigenvalue weighted by molar-refractivity contribution is -0.139. The van der Waals surface area contributed by atoms with Crippen LogP contribution < -0.4 is 0 Å². The van der Waals surface area contributed by atoms with E-state index < -0.39 is 5.60 Å². The number of thiophene rings is 1. The number of ether oxygens (including phenoxy) is 1. The van der Waals surface area contributed by atoms with E-state index in [0.717, 1.165) is 31.2 Å². The Morgan fingerprint density at radius 1 is 1.53 bits per heavy atom. The molecule has 0 radical (unpaired) electrons. The first-order valence-electron chi connectivity index (χ1n) is 5.36. The number of Topliss-reactive ketones (excluding diaryl/α,β-unsaturated/α-hetero) is 1. The molecule has 1 aliphatic carbocycles. The molecule has 0 aliphatic heterocycles. The predicted molar refractivity (Wildman–Crippen MR) is 61.2 cm³/mol. The van der Waals surface area contributed by atoms with Crippen LogP contribution in [-0.4, -0.2) is 18.5 Å². The molecule has 0 bridgehead atoms. The summed E-state index contributed by atoms with van der Waals surface area (Å²) in [5, 5.41) is 4.05. The number of hydrogen-bond acceptors (Lipinski definition) is 3. The van der Waals surface area contributed by atoms with E-state index in [2.05, 4.69) is 0 Å². The summed E-state index contributed by atoms with van der Waals surface area (Å²) in [7, 11) is 1.66. The zero-order valence-electron chi connectivity index (χ0n) is 8.99. The minimum absolute atomic E-state index is 0.251. The second-order valence-corrected chi connectivity index (χ2v) is 4.92. The normalized spacial score (nSPS) is 19.3. The minimum atomic E-state index is -0.470. The Balaban J connectivity index is 2.06. The molecule has 1 fully saturated rings. The van der Waals surface area contributed by atoms with Gasteiger partial charge in [-0.05, 0) is 48.1 Å². The van der Waals surface area contributed by atoms with Crippen molar-refractivity contribution in [1.82, 2.24) is 0 Å². The van der Waals surface area contributed by atoms with E-state index >= 15 is 0 Å². The number of rotatable bonds is 4. The number of carbonyl (C=O) groups is 1. The standard InChI is InChI=1S/C12H16O2S/c1-14-12(5-2-3-6-12)11(13)8-10-4-7-15-9-10/h4,7,9H,2-3,5-6,8H2,1H3. The molecule has 3 heteroatoms. The van der Waals surface area contributed by atoms with Crippen molar-refractivity contribution in [2.45, 2.75) is 37.7 Å². The lowest BCUT2D eigenvalue weighted by atomic mass is 9.92. The zero-order chi connectivity index (χ0) is 10.7. The summed E-state index contributed by atoms with van der Waals surface area (Å²) in [4.78, 5) is 12.1. The van der Waals surface area contributed by atoms with Crippen LogP contribution in [0.25, 0.3) is 0 Å². The van der Waals surface area contributed by atoms with Gasteiger partial charge in [0, 0.05) is 13.5 Å². The molecule has 0 spiro atoms. The van der Waals surface area contributed by atoms with Crippen LogP contribution in [-0.2, 0) is 16.0 Å². The molecule has 15 heavy (non-hydrogen) atoms. The monoisotopic (exact) mass is 224 g/mol. The largest absolute Gasteiger partial charge is 0.370 e. The summed E-state index contributed by atoms with van der Waals surface area (Å²) in [6, 6.07) is 2.01. The molecule has 0 atom stereocenters. The quantitative estimate of drug-likeness (QED) is 0.786. The Morgan fingerprint density at radius 2 is 2.27 bits per heavy atom. The third-order valence-electron chi connectivity index (χ3n) is 3.25. The Kier molecular flexibility index (Phi) is 3.22. The molecule has 1 saturated carbocycles. The van der Waals surface area contributed by atoms with Crippen LogP contribution in [0.15, 0.2) is 16.8 Å². The molecule has 0 unspecified atom stereocenters. The highest BCUT2D eigenvalue weighted by Gasteiger charge is 2.40. The van der Waals surface area contributed by atoms with Crippen LogP contribution in [0.4, 0.5) is 0 Å². The van der Waals surface area contributed by atoms with Gasteiger partial charge in [-0.1, -0.05) is 0 Å². The molecule has 0 aromatic carbocycles. The molecule has 1 aromatic rings. The van der Waals surface area contributed by atoms with E-state index in [1.165, 1.54) is 0 Å². The van der Waals surface area contributed by atoms with E-state index in [4.69, 9.17) is 4.74 Å². The van der Waals surface area contributed by atoms with Crippen molar-refractivity contribution in [3.8, 4) is 0 Å². The fourth-order valence-corrected chi connectivity index (χ4v) is 2.95. The highest BCUT2D eigenvalue weighted by molar-refractivity contribution is 7.08. The van der Waals surface area contributed by atoms with Crippen LogP contribution in [0.1, 0.15) is 31.2 Å². The van der Waals surface area contributed by atoms with Crippen molar-refractivity contribution in [3.63, 3.8) is 0 Å². The van der Waals surface area contributed by atoms with E-state index in [1.54, 1.807) is 18.4 Å². The van der Waals surface area contributed by atoms with Crippen LogP contribution in [0.3, 0.4) is 0 Å². The van der Waals surface area contributed by atoms with Crippen molar-refractivity contribution in [1.29, 1.82) is 0 Å². The third kappa shape index (κ3) is 2.13. The Bertz CT molecular complexity index is 323. The van der Waals surface area contributed by atoms with Crippen molar-refractivity contribution in [2.75, 3.05) is 7.11 Å². The molecule has 1 aliphatic rings. The average molecular weight is 224 g/mol. The summed E-state index contributed by atoms with van der Waals surface area (Å²) < 4.78 is 5.46. The minimum Gasteiger partial charge on any atom is -0.370 e. The first-order chi connectivity index (χ1) is 7.27. The summed E-state index contributed by atoms with van der Waals surface area (Å²) in [5.41, 5.74) is 0.649. The summed E-state index contributed by atoms with van der Waals surface area (Å²) in [6.45, 7) is 0. The summed E-state index contributed by atoms with van der Waals surface area (Å²) >= 11 is 1.64. The molecule has 0 amide bonds. The van der Waals surface area contributed by atoms with Gasteiger partial charge < -0.3 is 4.74 Å². The highest BCUT2D eigenvalue weighted by Crippen LogP contribution is 2.34. The van der Waals surface area contributed by atoms with Crippen LogP contribution in [0, 0.1) is 0 Å². The van der Waals surface area contributed by atoms with Gasteiger partial charge in [-0.3, -0.25) is 4.79 Å². The van der Waals surface area contributed by atoms with Crippen LogP contribution in [0.5, 0.6) is 0 Å². The van der Waals surface area contributed by atoms with E-state index in [-0.39, 0.29) is 5.78 Å². The average Bonchev–Trinajstić information content (AvgIpc) is 2.87. The number of hydrogen-bond donors (Lipinski definition) is 0. The van der Waals surface area contributed by atoms with Gasteiger partial charge in [0.25, 0.3) is 0 Å². The summed E-state index contributed by atoms with van der Waals surface area (Å²) in [5.74, 6) is 0.251. The third-order valence-corrected chi connectivity index (χ3v) is 3.99. The second-order valence-electron chi connectivity index (χ2n) is 4.14. The van der Waals surface area contributed by atoms with Gasteiger partial charge in [-0.15, -0.1) is 0 Å². The van der Waals surface area contributed by atoms with Gasteiger partial charge in [-0.2, -0.15) is 11.3 Å². The fraction of sp³-hybridized carbons (Fsp3) is 0.583. The van der Waals surface area contributed by atoms with Crippen molar-refractivity contribution < 1.29 is 9.53 Å². The van der Waals surface area contributed by atoms with Crippen LogP contribution in [0.2, 0.25) is 0 Å². The van der Waals surface area contributed by atoms with Crippen molar-refractivity contribution >= 4 is 17.1 Å². The molecule has 0 saturated heterocycles. The maximum absolute atomic E-state index is 12.1. The molecule has 2 nitrogen and oxygen atoms in total. The number of carbonyl (C=O) groups excluding carboxylic acids is 1. The van der Waals surface area contributed by atoms with Gasteiger partial charge in [0.2, 0.25) is 0 Å². The molecule has 1 aromatic heterocycles. The number of methoxy groups -OCH3 is 1. The lowest BCUT2D eigenvalue weighted by Gasteiger charge is -2.25. The van der Waals surface area contributed by atoms with Gasteiger partial charge >= 0.3 is 0 Å². The first-order valence-corrected chi connectivity index (χ1v) is 6.31. The van der Waals surface area contributed by atoms with E-state index in [9.17, 15) is 4.79 Å². The first kappa shape index (κ1) is 10.8. The number of ketones is 1. The molecule has 0 N–H and O–H groups in total. The molecular formula is C12H16O2S. The van der Waals surface area contributed by atoms with Gasteiger partial charge in [0.15, 0.2) is 5.78 Å². The van der Waals surface area contributed by atoms with Crippen molar-refractivity contribution in [2.24, 2.45) is 0 Å². The second kappa shape index (κ2) is 4.45. The SMILES string of the molecule is COC1(C(=O)Cc2ccsc2)CCCC1. The molecule has 1 heterocycles.